The molecule has 0 amide bonds. The SMILES string of the molecule is N#Cc1ccc(C(F)(F)F)nc1NC1CCCc2ccc(F)cc21. The molecule has 7 heteroatoms. The average molecular weight is 335 g/mol. The van der Waals surface area contributed by atoms with E-state index in [4.69, 9.17) is 5.26 Å². The highest BCUT2D eigenvalue weighted by Crippen LogP contribution is 2.35. The van der Waals surface area contributed by atoms with Gasteiger partial charge in [0, 0.05) is 0 Å². The van der Waals surface area contributed by atoms with Crippen molar-refractivity contribution in [1.82, 2.24) is 4.98 Å². The van der Waals surface area contributed by atoms with Crippen LogP contribution in [0.25, 0.3) is 0 Å². The number of halogens is 4. The highest BCUT2D eigenvalue weighted by atomic mass is 19.4. The largest absolute Gasteiger partial charge is 0.433 e. The van der Waals surface area contributed by atoms with Crippen molar-refractivity contribution in [1.29, 1.82) is 5.26 Å². The number of benzene rings is 1. The second-order valence-corrected chi connectivity index (χ2v) is 5.63. The molecule has 1 heterocycles. The van der Waals surface area contributed by atoms with Crippen molar-refractivity contribution in [2.24, 2.45) is 0 Å². The van der Waals surface area contributed by atoms with E-state index in [0.717, 1.165) is 30.5 Å². The molecule has 1 aliphatic carbocycles. The van der Waals surface area contributed by atoms with Crippen LogP contribution in [0.4, 0.5) is 23.4 Å². The molecule has 0 aliphatic heterocycles. The summed E-state index contributed by atoms with van der Waals surface area (Å²) in [6.07, 6.45) is -2.37. The minimum Gasteiger partial charge on any atom is -0.362 e. The number of pyridine rings is 1. The van der Waals surface area contributed by atoms with Gasteiger partial charge in [0.25, 0.3) is 0 Å². The number of alkyl halides is 3. The van der Waals surface area contributed by atoms with E-state index in [-0.39, 0.29) is 17.4 Å². The Hall–Kier alpha value is -2.62. The van der Waals surface area contributed by atoms with Gasteiger partial charge in [-0.3, -0.25) is 0 Å². The molecule has 24 heavy (non-hydrogen) atoms. The predicted molar refractivity (Wildman–Crippen MR) is 79.7 cm³/mol. The molecule has 0 saturated carbocycles. The molecule has 0 saturated heterocycles. The Labute approximate surface area is 135 Å². The Bertz CT molecular complexity index is 808. The van der Waals surface area contributed by atoms with Crippen molar-refractivity contribution in [3.8, 4) is 6.07 Å². The summed E-state index contributed by atoms with van der Waals surface area (Å²) in [6, 6.07) is 7.75. The van der Waals surface area contributed by atoms with Crippen LogP contribution >= 0.6 is 0 Å². The molecule has 3 nitrogen and oxygen atoms in total. The average Bonchev–Trinajstić information content (AvgIpc) is 2.54. The van der Waals surface area contributed by atoms with Gasteiger partial charge in [-0.05, 0) is 54.7 Å². The minimum atomic E-state index is -4.60. The normalized spacial score (nSPS) is 17.0. The predicted octanol–water partition coefficient (Wildman–Crippen LogP) is 4.60. The molecule has 0 bridgehead atoms. The van der Waals surface area contributed by atoms with Gasteiger partial charge < -0.3 is 5.32 Å². The van der Waals surface area contributed by atoms with Gasteiger partial charge in [-0.25, -0.2) is 9.37 Å². The topological polar surface area (TPSA) is 48.7 Å². The van der Waals surface area contributed by atoms with Crippen LogP contribution in [0.2, 0.25) is 0 Å². The van der Waals surface area contributed by atoms with Crippen molar-refractivity contribution >= 4 is 5.82 Å². The Morgan fingerprint density at radius 2 is 2.00 bits per heavy atom. The third-order valence-corrected chi connectivity index (χ3v) is 4.04. The molecule has 3 rings (SSSR count). The van der Waals surface area contributed by atoms with Crippen molar-refractivity contribution in [3.05, 3.63) is 58.5 Å². The van der Waals surface area contributed by atoms with Gasteiger partial charge in [0.05, 0.1) is 11.6 Å². The molecule has 124 valence electrons. The number of fused-ring (bicyclic) bond motifs is 1. The number of hydrogen-bond acceptors (Lipinski definition) is 3. The summed E-state index contributed by atoms with van der Waals surface area (Å²) in [5, 5.41) is 12.0. The van der Waals surface area contributed by atoms with E-state index in [2.05, 4.69) is 10.3 Å². The summed E-state index contributed by atoms with van der Waals surface area (Å²) in [6.45, 7) is 0. The second-order valence-electron chi connectivity index (χ2n) is 5.63. The number of nitriles is 1. The Morgan fingerprint density at radius 3 is 2.71 bits per heavy atom. The van der Waals surface area contributed by atoms with Crippen molar-refractivity contribution in [3.63, 3.8) is 0 Å². The maximum Gasteiger partial charge on any atom is 0.433 e. The number of nitrogens with zero attached hydrogens (tertiary/aromatic N) is 2. The fourth-order valence-corrected chi connectivity index (χ4v) is 2.90. The third-order valence-electron chi connectivity index (χ3n) is 4.04. The molecule has 2 aromatic rings. The molecule has 0 fully saturated rings. The van der Waals surface area contributed by atoms with E-state index in [9.17, 15) is 17.6 Å². The molecule has 1 atom stereocenters. The Kier molecular flexibility index (Phi) is 4.14. The first-order valence-corrected chi connectivity index (χ1v) is 7.41. The Balaban J connectivity index is 1.98. The molecule has 0 spiro atoms. The highest BCUT2D eigenvalue weighted by molar-refractivity contribution is 5.54. The lowest BCUT2D eigenvalue weighted by atomic mass is 9.87. The van der Waals surface area contributed by atoms with Crippen LogP contribution in [0, 0.1) is 17.1 Å². The standard InChI is InChI=1S/C17H13F4N3/c18-12-6-4-10-2-1-3-14(13(10)8-12)23-16-11(9-22)5-7-15(24-16)17(19,20)21/h4-8,14H,1-3H2,(H,23,24). The van der Waals surface area contributed by atoms with Gasteiger partial charge in [0.2, 0.25) is 0 Å². The molecule has 1 aromatic carbocycles. The van der Waals surface area contributed by atoms with Crippen LogP contribution in [0.5, 0.6) is 0 Å². The zero-order chi connectivity index (χ0) is 17.3. The summed E-state index contributed by atoms with van der Waals surface area (Å²) in [5.74, 6) is -0.533. The molecular formula is C17H13F4N3. The summed E-state index contributed by atoms with van der Waals surface area (Å²) in [7, 11) is 0. The lowest BCUT2D eigenvalue weighted by molar-refractivity contribution is -0.141. The lowest BCUT2D eigenvalue weighted by Gasteiger charge is -2.27. The van der Waals surface area contributed by atoms with Gasteiger partial charge in [-0.2, -0.15) is 18.4 Å². The summed E-state index contributed by atoms with van der Waals surface area (Å²) in [5.41, 5.74) is 0.598. The first-order chi connectivity index (χ1) is 11.4. The smallest absolute Gasteiger partial charge is 0.362 e. The zero-order valence-electron chi connectivity index (χ0n) is 12.5. The maximum absolute atomic E-state index is 13.5. The fourth-order valence-electron chi connectivity index (χ4n) is 2.90. The van der Waals surface area contributed by atoms with E-state index < -0.39 is 17.7 Å². The monoisotopic (exact) mass is 335 g/mol. The van der Waals surface area contributed by atoms with Crippen LogP contribution < -0.4 is 5.32 Å². The van der Waals surface area contributed by atoms with Gasteiger partial charge in [-0.15, -0.1) is 0 Å². The van der Waals surface area contributed by atoms with Crippen LogP contribution in [-0.2, 0) is 12.6 Å². The van der Waals surface area contributed by atoms with E-state index in [0.29, 0.717) is 12.0 Å². The highest BCUT2D eigenvalue weighted by Gasteiger charge is 2.33. The van der Waals surface area contributed by atoms with Gasteiger partial charge in [-0.1, -0.05) is 6.07 Å². The minimum absolute atomic E-state index is 0.0199. The van der Waals surface area contributed by atoms with E-state index in [1.807, 2.05) is 6.07 Å². The van der Waals surface area contributed by atoms with Gasteiger partial charge >= 0.3 is 6.18 Å². The van der Waals surface area contributed by atoms with Gasteiger partial charge in [0.15, 0.2) is 0 Å². The number of nitrogens with one attached hydrogen (secondary N) is 1. The third kappa shape index (κ3) is 3.18. The van der Waals surface area contributed by atoms with E-state index >= 15 is 0 Å². The first-order valence-electron chi connectivity index (χ1n) is 7.41. The van der Waals surface area contributed by atoms with Crippen LogP contribution in [0.3, 0.4) is 0 Å². The number of aryl methyl sites for hydroxylation is 1. The molecule has 1 unspecified atom stereocenters. The zero-order valence-corrected chi connectivity index (χ0v) is 12.5. The van der Waals surface area contributed by atoms with Crippen molar-refractivity contribution in [2.45, 2.75) is 31.5 Å². The molecule has 1 aliphatic rings. The van der Waals surface area contributed by atoms with Crippen LogP contribution in [0.15, 0.2) is 30.3 Å². The van der Waals surface area contributed by atoms with Crippen molar-refractivity contribution in [2.75, 3.05) is 5.32 Å². The first kappa shape index (κ1) is 16.2. The summed E-state index contributed by atoms with van der Waals surface area (Å²) in [4.78, 5) is 3.55. The molecule has 0 radical (unpaired) electrons. The maximum atomic E-state index is 13.5. The molecule has 1 aromatic heterocycles. The quantitative estimate of drug-likeness (QED) is 0.816. The van der Waals surface area contributed by atoms with E-state index in [1.54, 1.807) is 6.07 Å². The number of hydrogen-bond donors (Lipinski definition) is 1. The van der Waals surface area contributed by atoms with E-state index in [1.165, 1.54) is 12.1 Å². The van der Waals surface area contributed by atoms with Crippen LogP contribution in [0.1, 0.15) is 41.3 Å². The number of anilines is 1. The molecular weight excluding hydrogens is 322 g/mol. The molecule has 1 N–H and O–H groups in total. The lowest BCUT2D eigenvalue weighted by Crippen LogP contribution is -2.20. The summed E-state index contributed by atoms with van der Waals surface area (Å²) < 4.78 is 52.1. The number of rotatable bonds is 2. The van der Waals surface area contributed by atoms with Gasteiger partial charge in [0.1, 0.15) is 23.4 Å². The number of aromatic nitrogens is 1. The van der Waals surface area contributed by atoms with Crippen molar-refractivity contribution < 1.29 is 17.6 Å². The van der Waals surface area contributed by atoms with Crippen LogP contribution in [-0.4, -0.2) is 4.98 Å². The second kappa shape index (κ2) is 6.11. The summed E-state index contributed by atoms with van der Waals surface area (Å²) >= 11 is 0. The Morgan fingerprint density at radius 1 is 1.21 bits per heavy atom. The fraction of sp³-hybridized carbons (Fsp3) is 0.294.